The van der Waals surface area contributed by atoms with E-state index >= 15 is 0 Å². The molecule has 1 aliphatic carbocycles. The van der Waals surface area contributed by atoms with Crippen LogP contribution in [0.4, 0.5) is 4.39 Å². The van der Waals surface area contributed by atoms with Crippen molar-refractivity contribution in [2.75, 3.05) is 7.11 Å². The summed E-state index contributed by atoms with van der Waals surface area (Å²) in [6, 6.07) is 4.47. The Labute approximate surface area is 106 Å². The monoisotopic (exact) mass is 248 g/mol. The SMILES string of the molecule is COc1cccc(F)c1C(=O)C1=CCCCCC1. The molecule has 1 aromatic carbocycles. The van der Waals surface area contributed by atoms with E-state index in [1.807, 2.05) is 6.08 Å². The molecule has 0 amide bonds. The maximum absolute atomic E-state index is 13.8. The predicted octanol–water partition coefficient (Wildman–Crippen LogP) is 3.91. The average molecular weight is 248 g/mol. The third-order valence-electron chi connectivity index (χ3n) is 3.25. The third-order valence-corrected chi connectivity index (χ3v) is 3.25. The number of rotatable bonds is 3. The van der Waals surface area contributed by atoms with E-state index in [4.69, 9.17) is 4.74 Å². The van der Waals surface area contributed by atoms with E-state index < -0.39 is 5.82 Å². The molecule has 3 heteroatoms. The van der Waals surface area contributed by atoms with Gasteiger partial charge in [0.1, 0.15) is 11.6 Å². The molecule has 0 aliphatic heterocycles. The summed E-state index contributed by atoms with van der Waals surface area (Å²) in [6.07, 6.45) is 6.80. The van der Waals surface area contributed by atoms with Gasteiger partial charge in [0.2, 0.25) is 0 Å². The Hall–Kier alpha value is -1.64. The number of Topliss-reactive ketones (excluding diaryl/α,β-unsaturated/α-hetero) is 1. The maximum atomic E-state index is 13.8. The fraction of sp³-hybridized carbons (Fsp3) is 0.400. The first-order valence-electron chi connectivity index (χ1n) is 6.30. The van der Waals surface area contributed by atoms with E-state index in [0.717, 1.165) is 37.7 Å². The van der Waals surface area contributed by atoms with Crippen molar-refractivity contribution in [2.24, 2.45) is 0 Å². The molecule has 2 nitrogen and oxygen atoms in total. The number of ether oxygens (including phenoxy) is 1. The number of benzene rings is 1. The molecular weight excluding hydrogens is 231 g/mol. The minimum absolute atomic E-state index is 0.0631. The van der Waals surface area contributed by atoms with Gasteiger partial charge in [-0.1, -0.05) is 18.6 Å². The number of ketones is 1. The molecule has 0 bridgehead atoms. The first-order chi connectivity index (χ1) is 8.74. The van der Waals surface area contributed by atoms with Crippen LogP contribution in [0.1, 0.15) is 42.5 Å². The van der Waals surface area contributed by atoms with E-state index in [2.05, 4.69) is 0 Å². The highest BCUT2D eigenvalue weighted by atomic mass is 19.1. The Morgan fingerprint density at radius 1 is 1.28 bits per heavy atom. The molecule has 2 rings (SSSR count). The maximum Gasteiger partial charge on any atom is 0.195 e. The van der Waals surface area contributed by atoms with Gasteiger partial charge in [0.25, 0.3) is 0 Å². The Kier molecular flexibility index (Phi) is 4.13. The number of methoxy groups -OCH3 is 1. The lowest BCUT2D eigenvalue weighted by molar-refractivity contribution is 0.102. The average Bonchev–Trinajstić information content (AvgIpc) is 2.66. The van der Waals surface area contributed by atoms with Crippen LogP contribution in [-0.4, -0.2) is 12.9 Å². The van der Waals surface area contributed by atoms with Crippen molar-refractivity contribution < 1.29 is 13.9 Å². The van der Waals surface area contributed by atoms with Crippen molar-refractivity contribution in [1.29, 1.82) is 0 Å². The number of halogens is 1. The number of carbonyl (C=O) groups is 1. The van der Waals surface area contributed by atoms with E-state index in [1.165, 1.54) is 13.2 Å². The molecule has 0 radical (unpaired) electrons. The molecule has 18 heavy (non-hydrogen) atoms. The second-order valence-electron chi connectivity index (χ2n) is 4.47. The van der Waals surface area contributed by atoms with Crippen LogP contribution >= 0.6 is 0 Å². The first-order valence-corrected chi connectivity index (χ1v) is 6.30. The minimum Gasteiger partial charge on any atom is -0.496 e. The van der Waals surface area contributed by atoms with Gasteiger partial charge in [-0.05, 0) is 43.4 Å². The normalized spacial score (nSPS) is 15.8. The molecule has 1 aliphatic rings. The van der Waals surface area contributed by atoms with E-state index in [9.17, 15) is 9.18 Å². The van der Waals surface area contributed by atoms with Crippen LogP contribution < -0.4 is 4.74 Å². The molecule has 0 saturated heterocycles. The predicted molar refractivity (Wildman–Crippen MR) is 68.5 cm³/mol. The van der Waals surface area contributed by atoms with Crippen molar-refractivity contribution in [3.63, 3.8) is 0 Å². The minimum atomic E-state index is -0.510. The lowest BCUT2D eigenvalue weighted by Crippen LogP contribution is -2.08. The summed E-state index contributed by atoms with van der Waals surface area (Å²) in [7, 11) is 1.45. The Morgan fingerprint density at radius 2 is 2.11 bits per heavy atom. The number of carbonyl (C=O) groups excluding carboxylic acids is 1. The fourth-order valence-corrected chi connectivity index (χ4v) is 2.28. The molecule has 0 spiro atoms. The van der Waals surface area contributed by atoms with Crippen LogP contribution in [0, 0.1) is 5.82 Å². The van der Waals surface area contributed by atoms with Crippen LogP contribution in [0.25, 0.3) is 0 Å². The summed E-state index contributed by atoms with van der Waals surface area (Å²) >= 11 is 0. The van der Waals surface area contributed by atoms with Gasteiger partial charge in [-0.25, -0.2) is 4.39 Å². The Morgan fingerprint density at radius 3 is 2.89 bits per heavy atom. The number of hydrogen-bond acceptors (Lipinski definition) is 2. The van der Waals surface area contributed by atoms with Crippen molar-refractivity contribution in [3.05, 3.63) is 41.2 Å². The Bertz CT molecular complexity index is 477. The van der Waals surface area contributed by atoms with Gasteiger partial charge in [0.15, 0.2) is 5.78 Å². The molecule has 0 aromatic heterocycles. The second kappa shape index (κ2) is 5.80. The topological polar surface area (TPSA) is 26.3 Å². The van der Waals surface area contributed by atoms with E-state index in [1.54, 1.807) is 12.1 Å². The number of allylic oxidation sites excluding steroid dienone is 2. The van der Waals surface area contributed by atoms with Gasteiger partial charge < -0.3 is 4.74 Å². The van der Waals surface area contributed by atoms with Crippen molar-refractivity contribution in [1.82, 2.24) is 0 Å². The summed E-state index contributed by atoms with van der Waals surface area (Å²) in [5.41, 5.74) is 0.782. The molecule has 0 N–H and O–H groups in total. The second-order valence-corrected chi connectivity index (χ2v) is 4.47. The smallest absolute Gasteiger partial charge is 0.195 e. The highest BCUT2D eigenvalue weighted by Crippen LogP contribution is 2.27. The van der Waals surface area contributed by atoms with Crippen LogP contribution in [-0.2, 0) is 0 Å². The van der Waals surface area contributed by atoms with Crippen LogP contribution in [0.15, 0.2) is 29.8 Å². The van der Waals surface area contributed by atoms with E-state index in [0.29, 0.717) is 5.75 Å². The number of hydrogen-bond donors (Lipinski definition) is 0. The molecule has 0 atom stereocenters. The summed E-state index contributed by atoms with van der Waals surface area (Å²) in [4.78, 5) is 12.4. The van der Waals surface area contributed by atoms with Crippen molar-refractivity contribution >= 4 is 5.78 Å². The van der Waals surface area contributed by atoms with Gasteiger partial charge in [-0.2, -0.15) is 0 Å². The van der Waals surface area contributed by atoms with Crippen molar-refractivity contribution in [3.8, 4) is 5.75 Å². The van der Waals surface area contributed by atoms with Gasteiger partial charge in [0.05, 0.1) is 12.7 Å². The molecule has 0 heterocycles. The molecule has 0 saturated carbocycles. The Balaban J connectivity index is 2.36. The highest BCUT2D eigenvalue weighted by molar-refractivity contribution is 6.10. The fourth-order valence-electron chi connectivity index (χ4n) is 2.28. The first kappa shape index (κ1) is 12.8. The zero-order valence-electron chi connectivity index (χ0n) is 10.5. The largest absolute Gasteiger partial charge is 0.496 e. The zero-order chi connectivity index (χ0) is 13.0. The lowest BCUT2D eigenvalue weighted by Gasteiger charge is -2.10. The lowest BCUT2D eigenvalue weighted by atomic mass is 9.98. The zero-order valence-corrected chi connectivity index (χ0v) is 10.5. The van der Waals surface area contributed by atoms with Crippen LogP contribution in [0.5, 0.6) is 5.75 Å². The molecule has 1 aromatic rings. The third kappa shape index (κ3) is 2.61. The molecule has 0 unspecified atom stereocenters. The van der Waals surface area contributed by atoms with Gasteiger partial charge in [-0.15, -0.1) is 0 Å². The van der Waals surface area contributed by atoms with Crippen LogP contribution in [0.3, 0.4) is 0 Å². The van der Waals surface area contributed by atoms with Gasteiger partial charge in [-0.3, -0.25) is 4.79 Å². The molecule has 0 fully saturated rings. The summed E-state index contributed by atoms with van der Waals surface area (Å²) < 4.78 is 18.9. The summed E-state index contributed by atoms with van der Waals surface area (Å²) in [5.74, 6) is -0.429. The van der Waals surface area contributed by atoms with Crippen molar-refractivity contribution in [2.45, 2.75) is 32.1 Å². The summed E-state index contributed by atoms with van der Waals surface area (Å²) in [5, 5.41) is 0. The molecular formula is C15H17FO2. The van der Waals surface area contributed by atoms with Gasteiger partial charge >= 0.3 is 0 Å². The van der Waals surface area contributed by atoms with Gasteiger partial charge in [0, 0.05) is 0 Å². The van der Waals surface area contributed by atoms with Crippen LogP contribution in [0.2, 0.25) is 0 Å². The summed E-state index contributed by atoms with van der Waals surface area (Å²) in [6.45, 7) is 0. The van der Waals surface area contributed by atoms with E-state index in [-0.39, 0.29) is 11.3 Å². The highest BCUT2D eigenvalue weighted by Gasteiger charge is 2.21. The quantitative estimate of drug-likeness (QED) is 0.758. The standard InChI is InChI=1S/C15H17FO2/c1-18-13-10-6-9-12(16)14(13)15(17)11-7-4-2-3-5-8-11/h6-7,9-10H,2-5,8H2,1H3. The molecule has 96 valence electrons.